The number of halogens is 1. The van der Waals surface area contributed by atoms with Crippen LogP contribution in [0.2, 0.25) is 0 Å². The SMILES string of the molecule is CN=C(c1ccc(-c2nc(Nc3ccc(N4CCNCC4)cn3)ncc2F)nc1N)C1CCCC1. The molecule has 4 heterocycles. The quantitative estimate of drug-likeness (QED) is 0.464. The number of piperazine rings is 1. The van der Waals surface area contributed by atoms with E-state index in [1.807, 2.05) is 24.4 Å². The van der Waals surface area contributed by atoms with Gasteiger partial charge in [-0.1, -0.05) is 12.8 Å². The summed E-state index contributed by atoms with van der Waals surface area (Å²) in [6, 6.07) is 7.47. The van der Waals surface area contributed by atoms with Crippen LogP contribution in [0.3, 0.4) is 0 Å². The first-order valence-electron chi connectivity index (χ1n) is 12.1. The Bertz CT molecular complexity index is 1200. The fourth-order valence-electron chi connectivity index (χ4n) is 4.84. The highest BCUT2D eigenvalue weighted by atomic mass is 19.1. The average Bonchev–Trinajstić information content (AvgIpc) is 3.42. The summed E-state index contributed by atoms with van der Waals surface area (Å²) in [6.45, 7) is 3.80. The molecule has 10 heteroatoms. The Kier molecular flexibility index (Phi) is 6.80. The Balaban J connectivity index is 1.35. The van der Waals surface area contributed by atoms with Crippen molar-refractivity contribution in [3.8, 4) is 11.4 Å². The summed E-state index contributed by atoms with van der Waals surface area (Å²) in [4.78, 5) is 24.1. The van der Waals surface area contributed by atoms with Gasteiger partial charge in [0.2, 0.25) is 5.95 Å². The van der Waals surface area contributed by atoms with Crippen LogP contribution in [0, 0.1) is 11.7 Å². The van der Waals surface area contributed by atoms with Gasteiger partial charge >= 0.3 is 0 Å². The van der Waals surface area contributed by atoms with E-state index in [1.165, 1.54) is 12.8 Å². The molecule has 2 aliphatic rings. The number of rotatable bonds is 6. The van der Waals surface area contributed by atoms with Crippen LogP contribution in [-0.2, 0) is 0 Å². The lowest BCUT2D eigenvalue weighted by molar-refractivity contribution is 0.589. The maximum atomic E-state index is 14.7. The summed E-state index contributed by atoms with van der Waals surface area (Å²) in [7, 11) is 1.79. The molecule has 2 fully saturated rings. The van der Waals surface area contributed by atoms with Crippen LogP contribution in [0.4, 0.5) is 27.7 Å². The second-order valence-corrected chi connectivity index (χ2v) is 8.87. The standard InChI is InChI=1S/C25H30FN9/c1-28-22(16-4-2-3-5-16)18-7-8-20(32-24(18)27)23-19(26)15-31-25(34-23)33-21-9-6-17(14-30-21)35-12-10-29-11-13-35/h6-9,14-16,29H,2-5,10-13H2,1H3,(H2,27,32)(H,30,31,33,34). The predicted molar refractivity (Wildman–Crippen MR) is 137 cm³/mol. The summed E-state index contributed by atoms with van der Waals surface area (Å²) < 4.78 is 14.7. The Hall–Kier alpha value is -3.66. The number of hydrogen-bond donors (Lipinski definition) is 3. The van der Waals surface area contributed by atoms with Gasteiger partial charge in [0.05, 0.1) is 23.8 Å². The van der Waals surface area contributed by atoms with E-state index < -0.39 is 5.82 Å². The van der Waals surface area contributed by atoms with Crippen LogP contribution in [0.1, 0.15) is 31.2 Å². The zero-order valence-electron chi connectivity index (χ0n) is 19.8. The first-order valence-corrected chi connectivity index (χ1v) is 12.1. The molecule has 1 saturated heterocycles. The molecule has 0 atom stereocenters. The summed E-state index contributed by atoms with van der Waals surface area (Å²) in [5, 5.41) is 6.39. The van der Waals surface area contributed by atoms with Gasteiger partial charge < -0.3 is 21.3 Å². The topological polar surface area (TPSA) is 117 Å². The molecular weight excluding hydrogens is 445 g/mol. The van der Waals surface area contributed by atoms with Crippen molar-refractivity contribution in [1.82, 2.24) is 25.3 Å². The maximum absolute atomic E-state index is 14.7. The van der Waals surface area contributed by atoms with Crippen molar-refractivity contribution < 1.29 is 4.39 Å². The molecule has 5 rings (SSSR count). The van der Waals surface area contributed by atoms with Crippen LogP contribution in [0.5, 0.6) is 0 Å². The molecule has 1 saturated carbocycles. The van der Waals surface area contributed by atoms with Gasteiger partial charge in [-0.3, -0.25) is 4.99 Å². The van der Waals surface area contributed by atoms with Gasteiger partial charge in [0, 0.05) is 50.4 Å². The highest BCUT2D eigenvalue weighted by Crippen LogP contribution is 2.31. The number of nitrogen functional groups attached to an aromatic ring is 1. The van der Waals surface area contributed by atoms with Crippen molar-refractivity contribution in [3.63, 3.8) is 0 Å². The van der Waals surface area contributed by atoms with Gasteiger partial charge in [-0.05, 0) is 37.1 Å². The molecule has 35 heavy (non-hydrogen) atoms. The van der Waals surface area contributed by atoms with Crippen molar-refractivity contribution in [2.45, 2.75) is 25.7 Å². The van der Waals surface area contributed by atoms with Gasteiger partial charge in [0.15, 0.2) is 5.82 Å². The number of hydrogen-bond acceptors (Lipinski definition) is 9. The van der Waals surface area contributed by atoms with E-state index in [0.717, 1.165) is 62.2 Å². The summed E-state index contributed by atoms with van der Waals surface area (Å²) in [5.74, 6) is 0.955. The van der Waals surface area contributed by atoms with E-state index in [2.05, 4.69) is 40.5 Å². The second-order valence-electron chi connectivity index (χ2n) is 8.87. The molecule has 0 bridgehead atoms. The summed E-state index contributed by atoms with van der Waals surface area (Å²) >= 11 is 0. The highest BCUT2D eigenvalue weighted by molar-refractivity contribution is 6.05. The molecule has 4 N–H and O–H groups in total. The summed E-state index contributed by atoms with van der Waals surface area (Å²) in [5.41, 5.74) is 9.56. The number of pyridine rings is 2. The monoisotopic (exact) mass is 475 g/mol. The molecule has 3 aromatic rings. The molecular formula is C25H30FN9. The summed E-state index contributed by atoms with van der Waals surface area (Å²) in [6.07, 6.45) is 7.55. The van der Waals surface area contributed by atoms with E-state index in [4.69, 9.17) is 5.73 Å². The van der Waals surface area contributed by atoms with E-state index in [-0.39, 0.29) is 11.6 Å². The van der Waals surface area contributed by atoms with Crippen molar-refractivity contribution in [3.05, 3.63) is 48.0 Å². The number of aromatic nitrogens is 4. The molecule has 9 nitrogen and oxygen atoms in total. The van der Waals surface area contributed by atoms with Gasteiger partial charge in [-0.25, -0.2) is 24.3 Å². The minimum absolute atomic E-state index is 0.0778. The second kappa shape index (κ2) is 10.3. The third kappa shape index (κ3) is 5.07. The minimum Gasteiger partial charge on any atom is -0.383 e. The van der Waals surface area contributed by atoms with E-state index in [9.17, 15) is 4.39 Å². The normalized spacial score (nSPS) is 17.1. The lowest BCUT2D eigenvalue weighted by Gasteiger charge is -2.29. The fraction of sp³-hybridized carbons (Fsp3) is 0.400. The van der Waals surface area contributed by atoms with Crippen LogP contribution >= 0.6 is 0 Å². The number of anilines is 4. The maximum Gasteiger partial charge on any atom is 0.229 e. The smallest absolute Gasteiger partial charge is 0.229 e. The van der Waals surface area contributed by atoms with Gasteiger partial charge in [-0.2, -0.15) is 0 Å². The molecule has 0 amide bonds. The molecule has 0 unspecified atom stereocenters. The fourth-order valence-corrected chi connectivity index (χ4v) is 4.84. The highest BCUT2D eigenvalue weighted by Gasteiger charge is 2.24. The van der Waals surface area contributed by atoms with Gasteiger partial charge in [0.1, 0.15) is 17.3 Å². The molecule has 0 spiro atoms. The van der Waals surface area contributed by atoms with Crippen LogP contribution in [-0.4, -0.2) is 58.9 Å². The largest absolute Gasteiger partial charge is 0.383 e. The van der Waals surface area contributed by atoms with Crippen LogP contribution in [0.25, 0.3) is 11.4 Å². The zero-order valence-corrected chi connectivity index (χ0v) is 19.8. The van der Waals surface area contributed by atoms with Crippen molar-refractivity contribution in [2.24, 2.45) is 10.9 Å². The Labute approximate surface area is 204 Å². The van der Waals surface area contributed by atoms with Crippen molar-refractivity contribution in [2.75, 3.05) is 49.2 Å². The zero-order chi connectivity index (χ0) is 24.2. The van der Waals surface area contributed by atoms with E-state index in [1.54, 1.807) is 13.1 Å². The van der Waals surface area contributed by atoms with E-state index in [0.29, 0.717) is 23.2 Å². The first kappa shape index (κ1) is 23.1. The average molecular weight is 476 g/mol. The molecule has 182 valence electrons. The molecule has 0 radical (unpaired) electrons. The Morgan fingerprint density at radius 3 is 2.57 bits per heavy atom. The number of aliphatic imine (C=N–C) groups is 1. The number of nitrogens with two attached hydrogens (primary N) is 1. The minimum atomic E-state index is -0.572. The third-order valence-corrected chi connectivity index (χ3v) is 6.64. The number of nitrogens with one attached hydrogen (secondary N) is 2. The number of nitrogens with zero attached hydrogens (tertiary/aromatic N) is 6. The third-order valence-electron chi connectivity index (χ3n) is 6.64. The molecule has 1 aliphatic heterocycles. The van der Waals surface area contributed by atoms with Crippen molar-refractivity contribution >= 4 is 29.0 Å². The molecule has 0 aromatic carbocycles. The Morgan fingerprint density at radius 1 is 1.09 bits per heavy atom. The van der Waals surface area contributed by atoms with E-state index >= 15 is 0 Å². The van der Waals surface area contributed by atoms with Gasteiger partial charge in [0.25, 0.3) is 0 Å². The van der Waals surface area contributed by atoms with Crippen molar-refractivity contribution in [1.29, 1.82) is 0 Å². The lowest BCUT2D eigenvalue weighted by Crippen LogP contribution is -2.43. The van der Waals surface area contributed by atoms with Gasteiger partial charge in [-0.15, -0.1) is 0 Å². The van der Waals surface area contributed by atoms with Crippen LogP contribution in [0.15, 0.2) is 41.7 Å². The molecule has 1 aliphatic carbocycles. The lowest BCUT2D eigenvalue weighted by atomic mass is 9.95. The molecule has 3 aromatic heterocycles. The van der Waals surface area contributed by atoms with Crippen LogP contribution < -0.4 is 21.3 Å². The predicted octanol–water partition coefficient (Wildman–Crippen LogP) is 3.42. The Morgan fingerprint density at radius 2 is 1.89 bits per heavy atom. The first-order chi connectivity index (χ1) is 17.1.